The van der Waals surface area contributed by atoms with E-state index in [1.165, 1.54) is 6.92 Å². The van der Waals surface area contributed by atoms with Crippen molar-refractivity contribution < 1.29 is 9.59 Å². The van der Waals surface area contributed by atoms with Gasteiger partial charge in [-0.25, -0.2) is 0 Å². The van der Waals surface area contributed by atoms with Gasteiger partial charge < -0.3 is 4.90 Å². The second-order valence-electron chi connectivity index (χ2n) is 4.88. The molecular formula is C17H21NO2. The summed E-state index contributed by atoms with van der Waals surface area (Å²) in [7, 11) is 3.81. The van der Waals surface area contributed by atoms with E-state index in [2.05, 4.69) is 0 Å². The maximum Gasteiger partial charge on any atom is 0.167 e. The standard InChI is InChI=1S/C17H21NO2/c1-14(19)16(17(20)12-13-18(2)3)11-7-10-15-8-5-4-6-9-15/h4-11H,12-13H2,1-3H3/b10-7-,16-11+. The number of hydrogen-bond donors (Lipinski definition) is 0. The summed E-state index contributed by atoms with van der Waals surface area (Å²) in [6.45, 7) is 2.07. The molecule has 0 aliphatic heterocycles. The van der Waals surface area contributed by atoms with Crippen LogP contribution in [-0.4, -0.2) is 37.1 Å². The van der Waals surface area contributed by atoms with Gasteiger partial charge in [-0.2, -0.15) is 0 Å². The van der Waals surface area contributed by atoms with Crippen LogP contribution in [0.2, 0.25) is 0 Å². The molecular weight excluding hydrogens is 250 g/mol. The van der Waals surface area contributed by atoms with Crippen LogP contribution in [0, 0.1) is 0 Å². The van der Waals surface area contributed by atoms with E-state index in [9.17, 15) is 9.59 Å². The van der Waals surface area contributed by atoms with Crippen LogP contribution >= 0.6 is 0 Å². The zero-order valence-corrected chi connectivity index (χ0v) is 12.3. The third kappa shape index (κ3) is 5.76. The molecule has 0 aliphatic rings. The van der Waals surface area contributed by atoms with E-state index >= 15 is 0 Å². The van der Waals surface area contributed by atoms with Gasteiger partial charge in [0.25, 0.3) is 0 Å². The van der Waals surface area contributed by atoms with Crippen molar-refractivity contribution in [1.82, 2.24) is 4.90 Å². The molecule has 0 radical (unpaired) electrons. The molecule has 106 valence electrons. The highest BCUT2D eigenvalue weighted by atomic mass is 16.1. The molecule has 3 nitrogen and oxygen atoms in total. The minimum atomic E-state index is -0.188. The first-order chi connectivity index (χ1) is 9.50. The van der Waals surface area contributed by atoms with E-state index in [-0.39, 0.29) is 17.1 Å². The number of allylic oxidation sites excluding steroid dienone is 3. The average Bonchev–Trinajstić information content (AvgIpc) is 2.41. The van der Waals surface area contributed by atoms with Crippen LogP contribution in [0.3, 0.4) is 0 Å². The van der Waals surface area contributed by atoms with E-state index < -0.39 is 0 Å². The largest absolute Gasteiger partial charge is 0.309 e. The molecule has 0 aromatic heterocycles. The quantitative estimate of drug-likeness (QED) is 0.331. The number of carbonyl (C=O) groups excluding carboxylic acids is 2. The van der Waals surface area contributed by atoms with E-state index in [1.54, 1.807) is 12.2 Å². The second-order valence-corrected chi connectivity index (χ2v) is 4.88. The van der Waals surface area contributed by atoms with Crippen molar-refractivity contribution in [3.05, 3.63) is 53.6 Å². The lowest BCUT2D eigenvalue weighted by molar-refractivity contribution is -0.120. The Morgan fingerprint density at radius 1 is 1.15 bits per heavy atom. The first kappa shape index (κ1) is 16.1. The summed E-state index contributed by atoms with van der Waals surface area (Å²) in [6, 6.07) is 9.76. The monoisotopic (exact) mass is 271 g/mol. The van der Waals surface area contributed by atoms with Crippen molar-refractivity contribution in [3.63, 3.8) is 0 Å². The molecule has 1 aromatic carbocycles. The number of nitrogens with zero attached hydrogens (tertiary/aromatic N) is 1. The lowest BCUT2D eigenvalue weighted by Gasteiger charge is -2.08. The fourth-order valence-electron chi connectivity index (χ4n) is 1.69. The Balaban J connectivity index is 2.75. The van der Waals surface area contributed by atoms with Gasteiger partial charge in [0.2, 0.25) is 0 Å². The minimum Gasteiger partial charge on any atom is -0.309 e. The summed E-state index contributed by atoms with van der Waals surface area (Å²) in [4.78, 5) is 25.4. The summed E-state index contributed by atoms with van der Waals surface area (Å²) in [6.07, 6.45) is 5.59. The topological polar surface area (TPSA) is 37.4 Å². The molecule has 0 atom stereocenters. The number of rotatable bonds is 7. The highest BCUT2D eigenvalue weighted by Crippen LogP contribution is 2.06. The average molecular weight is 271 g/mol. The van der Waals surface area contributed by atoms with Gasteiger partial charge in [0.1, 0.15) is 0 Å². The number of carbonyl (C=O) groups is 2. The van der Waals surface area contributed by atoms with Crippen LogP contribution in [0.1, 0.15) is 18.9 Å². The van der Waals surface area contributed by atoms with Crippen molar-refractivity contribution in [2.75, 3.05) is 20.6 Å². The van der Waals surface area contributed by atoms with Crippen LogP contribution in [0.25, 0.3) is 6.08 Å². The zero-order valence-electron chi connectivity index (χ0n) is 12.3. The molecule has 0 N–H and O–H groups in total. The predicted octanol–water partition coefficient (Wildman–Crippen LogP) is 2.74. The molecule has 0 spiro atoms. The lowest BCUT2D eigenvalue weighted by Crippen LogP contribution is -2.19. The first-order valence-electron chi connectivity index (χ1n) is 6.63. The maximum atomic E-state index is 12.0. The van der Waals surface area contributed by atoms with Crippen molar-refractivity contribution in [3.8, 4) is 0 Å². The van der Waals surface area contributed by atoms with E-state index in [1.807, 2.05) is 55.4 Å². The second kappa shape index (κ2) is 8.23. The van der Waals surface area contributed by atoms with Gasteiger partial charge >= 0.3 is 0 Å². The molecule has 0 saturated carbocycles. The molecule has 0 saturated heterocycles. The SMILES string of the molecule is CC(=O)/C(=C\C=C/c1ccccc1)C(=O)CCN(C)C. The van der Waals surface area contributed by atoms with Crippen LogP contribution < -0.4 is 0 Å². The molecule has 0 bridgehead atoms. The van der Waals surface area contributed by atoms with Gasteiger partial charge in [-0.3, -0.25) is 9.59 Å². The number of hydrogen-bond acceptors (Lipinski definition) is 3. The molecule has 0 aliphatic carbocycles. The van der Waals surface area contributed by atoms with Gasteiger partial charge in [-0.15, -0.1) is 0 Å². The van der Waals surface area contributed by atoms with Crippen LogP contribution in [0.5, 0.6) is 0 Å². The summed E-state index contributed by atoms with van der Waals surface area (Å²) in [5.74, 6) is -0.296. The summed E-state index contributed by atoms with van der Waals surface area (Å²) >= 11 is 0. The van der Waals surface area contributed by atoms with E-state index in [0.717, 1.165) is 5.56 Å². The minimum absolute atomic E-state index is 0.107. The smallest absolute Gasteiger partial charge is 0.167 e. The number of Topliss-reactive ketones (excluding diaryl/α,β-unsaturated/α-hetero) is 2. The fourth-order valence-corrected chi connectivity index (χ4v) is 1.69. The Morgan fingerprint density at radius 3 is 2.35 bits per heavy atom. The Kier molecular flexibility index (Phi) is 6.60. The Bertz CT molecular complexity index is 513. The molecule has 1 rings (SSSR count). The van der Waals surface area contributed by atoms with Crippen molar-refractivity contribution in [1.29, 1.82) is 0 Å². The highest BCUT2D eigenvalue weighted by Gasteiger charge is 2.13. The molecule has 3 heteroatoms. The van der Waals surface area contributed by atoms with Crippen molar-refractivity contribution in [2.45, 2.75) is 13.3 Å². The molecule has 0 amide bonds. The van der Waals surface area contributed by atoms with Crippen molar-refractivity contribution in [2.24, 2.45) is 0 Å². The molecule has 1 aromatic rings. The molecule has 20 heavy (non-hydrogen) atoms. The highest BCUT2D eigenvalue weighted by molar-refractivity contribution is 6.19. The molecule has 0 fully saturated rings. The van der Waals surface area contributed by atoms with Gasteiger partial charge in [-0.1, -0.05) is 42.5 Å². The van der Waals surface area contributed by atoms with Gasteiger partial charge in [-0.05, 0) is 32.7 Å². The van der Waals surface area contributed by atoms with Crippen LogP contribution in [0.15, 0.2) is 48.1 Å². The van der Waals surface area contributed by atoms with Crippen LogP contribution in [-0.2, 0) is 9.59 Å². The lowest BCUT2D eigenvalue weighted by atomic mass is 10.0. The Morgan fingerprint density at radius 2 is 1.80 bits per heavy atom. The van der Waals surface area contributed by atoms with Crippen molar-refractivity contribution >= 4 is 17.6 Å². The predicted molar refractivity (Wildman–Crippen MR) is 82.4 cm³/mol. The number of ketones is 2. The Labute approximate surface area is 120 Å². The maximum absolute atomic E-state index is 12.0. The summed E-state index contributed by atoms with van der Waals surface area (Å²) in [5.41, 5.74) is 1.30. The zero-order chi connectivity index (χ0) is 15.0. The van der Waals surface area contributed by atoms with Gasteiger partial charge in [0.15, 0.2) is 11.6 Å². The first-order valence-corrected chi connectivity index (χ1v) is 6.63. The number of benzene rings is 1. The van der Waals surface area contributed by atoms with Gasteiger partial charge in [0.05, 0.1) is 5.57 Å². The Hall–Kier alpha value is -2.00. The third-order valence-corrected chi connectivity index (χ3v) is 2.82. The van der Waals surface area contributed by atoms with E-state index in [4.69, 9.17) is 0 Å². The fraction of sp³-hybridized carbons (Fsp3) is 0.294. The summed E-state index contributed by atoms with van der Waals surface area (Å²) < 4.78 is 0. The molecule has 0 unspecified atom stereocenters. The third-order valence-electron chi connectivity index (χ3n) is 2.82. The van der Waals surface area contributed by atoms with E-state index in [0.29, 0.717) is 13.0 Å². The van der Waals surface area contributed by atoms with Gasteiger partial charge in [0, 0.05) is 13.0 Å². The summed E-state index contributed by atoms with van der Waals surface area (Å²) in [5, 5.41) is 0. The normalized spacial score (nSPS) is 12.1. The van der Waals surface area contributed by atoms with Crippen LogP contribution in [0.4, 0.5) is 0 Å². The molecule has 0 heterocycles.